The van der Waals surface area contributed by atoms with Crippen LogP contribution in [-0.2, 0) is 9.53 Å². The molecule has 84 valence electrons. The molecule has 14 heavy (non-hydrogen) atoms. The van der Waals surface area contributed by atoms with Gasteiger partial charge in [-0.25, -0.2) is 0 Å². The minimum absolute atomic E-state index is 0.0478. The number of ether oxygens (including phenoxy) is 1. The van der Waals surface area contributed by atoms with Gasteiger partial charge in [-0.3, -0.25) is 4.79 Å². The molecule has 0 rings (SSSR count). The third kappa shape index (κ3) is 5.76. The topological polar surface area (TPSA) is 66.8 Å². The van der Waals surface area contributed by atoms with E-state index in [1.165, 1.54) is 0 Å². The Labute approximate surface area is 78.3 Å². The van der Waals surface area contributed by atoms with Crippen molar-refractivity contribution >= 4 is 5.97 Å². The van der Waals surface area contributed by atoms with Gasteiger partial charge >= 0.3 is 12.1 Å². The number of carboxylic acids is 1. The van der Waals surface area contributed by atoms with Crippen molar-refractivity contribution in [1.82, 2.24) is 0 Å². The van der Waals surface area contributed by atoms with Crippen LogP contribution in [0.1, 0.15) is 12.8 Å². The van der Waals surface area contributed by atoms with Crippen molar-refractivity contribution < 1.29 is 32.9 Å². The molecular formula is C7H11F3O4. The summed E-state index contributed by atoms with van der Waals surface area (Å²) < 4.78 is 40.5. The zero-order chi connectivity index (χ0) is 11.2. The molecule has 0 aliphatic heterocycles. The van der Waals surface area contributed by atoms with Gasteiger partial charge in [-0.15, -0.1) is 0 Å². The molecule has 0 saturated heterocycles. The molecule has 0 aromatic carbocycles. The lowest BCUT2D eigenvalue weighted by atomic mass is 10.2. The van der Waals surface area contributed by atoms with E-state index in [1.807, 2.05) is 0 Å². The van der Waals surface area contributed by atoms with Crippen molar-refractivity contribution in [3.63, 3.8) is 0 Å². The maximum absolute atomic E-state index is 12.1. The fourth-order valence-corrected chi connectivity index (χ4v) is 0.718. The number of carbonyl (C=O) groups is 1. The molecular weight excluding hydrogens is 205 g/mol. The summed E-state index contributed by atoms with van der Waals surface area (Å²) in [7, 11) is 0. The van der Waals surface area contributed by atoms with Crippen molar-refractivity contribution in [3.05, 3.63) is 0 Å². The highest BCUT2D eigenvalue weighted by Crippen LogP contribution is 2.25. The molecule has 0 aliphatic rings. The second kappa shape index (κ2) is 5.82. The predicted molar refractivity (Wildman–Crippen MR) is 39.8 cm³/mol. The monoisotopic (exact) mass is 216 g/mol. The van der Waals surface area contributed by atoms with E-state index in [1.54, 1.807) is 0 Å². The molecule has 0 fully saturated rings. The van der Waals surface area contributed by atoms with E-state index in [0.717, 1.165) is 0 Å². The van der Waals surface area contributed by atoms with Crippen molar-refractivity contribution in [2.75, 3.05) is 13.2 Å². The molecule has 0 spiro atoms. The zero-order valence-electron chi connectivity index (χ0n) is 7.25. The fraction of sp³-hybridized carbons (Fsp3) is 0.857. The summed E-state index contributed by atoms with van der Waals surface area (Å²) in [4.78, 5) is 10.1. The number of alkyl halides is 3. The van der Waals surface area contributed by atoms with Crippen LogP contribution in [0.4, 0.5) is 13.2 Å². The summed E-state index contributed by atoms with van der Waals surface area (Å²) >= 11 is 0. The lowest BCUT2D eigenvalue weighted by Gasteiger charge is -2.18. The van der Waals surface area contributed by atoms with Crippen LogP contribution in [0.3, 0.4) is 0 Å². The van der Waals surface area contributed by atoms with Crippen LogP contribution in [-0.4, -0.2) is 41.7 Å². The summed E-state index contributed by atoms with van der Waals surface area (Å²) in [6, 6.07) is 0. The number of rotatable bonds is 6. The fourth-order valence-electron chi connectivity index (χ4n) is 0.718. The molecule has 0 saturated carbocycles. The lowest BCUT2D eigenvalue weighted by molar-refractivity contribution is -0.224. The predicted octanol–water partition coefficient (Wildman–Crippen LogP) is 0.791. The number of hydrogen-bond donors (Lipinski definition) is 2. The highest BCUT2D eigenvalue weighted by molar-refractivity contribution is 5.67. The molecule has 0 aliphatic carbocycles. The Morgan fingerprint density at radius 2 is 2.00 bits per heavy atom. The van der Waals surface area contributed by atoms with Gasteiger partial charge in [0.1, 0.15) is 0 Å². The Hall–Kier alpha value is -0.820. The van der Waals surface area contributed by atoms with Gasteiger partial charge in [-0.05, 0) is 6.42 Å². The molecule has 4 nitrogen and oxygen atoms in total. The first kappa shape index (κ1) is 13.2. The Morgan fingerprint density at radius 3 is 2.36 bits per heavy atom. The van der Waals surface area contributed by atoms with Gasteiger partial charge in [-0.1, -0.05) is 0 Å². The summed E-state index contributed by atoms with van der Waals surface area (Å²) in [5, 5.41) is 16.5. The van der Waals surface area contributed by atoms with E-state index in [2.05, 4.69) is 4.74 Å². The third-order valence-electron chi connectivity index (χ3n) is 1.35. The highest BCUT2D eigenvalue weighted by atomic mass is 19.4. The molecule has 0 amide bonds. The number of aliphatic carboxylic acids is 1. The Kier molecular flexibility index (Phi) is 5.47. The lowest BCUT2D eigenvalue weighted by Crippen LogP contribution is -2.34. The normalized spacial score (nSPS) is 14.0. The zero-order valence-corrected chi connectivity index (χ0v) is 7.25. The average molecular weight is 216 g/mol. The van der Waals surface area contributed by atoms with Gasteiger partial charge in [-0.2, -0.15) is 13.2 Å². The maximum Gasteiger partial charge on any atom is 0.415 e. The largest absolute Gasteiger partial charge is 0.481 e. The van der Waals surface area contributed by atoms with Crippen LogP contribution in [0.2, 0.25) is 0 Å². The Balaban J connectivity index is 4.05. The SMILES string of the molecule is O=C(O)CC(OCCCO)C(F)(F)F. The van der Waals surface area contributed by atoms with Gasteiger partial charge in [0, 0.05) is 13.2 Å². The second-order valence-corrected chi connectivity index (χ2v) is 2.58. The maximum atomic E-state index is 12.1. The van der Waals surface area contributed by atoms with E-state index in [-0.39, 0.29) is 19.6 Å². The van der Waals surface area contributed by atoms with E-state index >= 15 is 0 Å². The molecule has 0 heterocycles. The first-order valence-electron chi connectivity index (χ1n) is 3.89. The van der Waals surface area contributed by atoms with Gasteiger partial charge < -0.3 is 14.9 Å². The van der Waals surface area contributed by atoms with Crippen LogP contribution in [0.5, 0.6) is 0 Å². The van der Waals surface area contributed by atoms with Crippen molar-refractivity contribution in [2.45, 2.75) is 25.1 Å². The van der Waals surface area contributed by atoms with Crippen LogP contribution < -0.4 is 0 Å². The molecule has 1 unspecified atom stereocenters. The van der Waals surface area contributed by atoms with Crippen LogP contribution in [0, 0.1) is 0 Å². The van der Waals surface area contributed by atoms with Gasteiger partial charge in [0.15, 0.2) is 6.10 Å². The van der Waals surface area contributed by atoms with Crippen LogP contribution in [0.25, 0.3) is 0 Å². The van der Waals surface area contributed by atoms with Crippen molar-refractivity contribution in [3.8, 4) is 0 Å². The molecule has 1 atom stereocenters. The minimum Gasteiger partial charge on any atom is -0.481 e. The van der Waals surface area contributed by atoms with Crippen LogP contribution in [0.15, 0.2) is 0 Å². The van der Waals surface area contributed by atoms with E-state index < -0.39 is 24.7 Å². The molecule has 0 aromatic heterocycles. The minimum atomic E-state index is -4.69. The molecule has 0 aromatic rings. The van der Waals surface area contributed by atoms with Crippen molar-refractivity contribution in [2.24, 2.45) is 0 Å². The summed E-state index contributed by atoms with van der Waals surface area (Å²) in [6.07, 6.45) is -8.05. The number of aliphatic hydroxyl groups excluding tert-OH is 1. The molecule has 0 bridgehead atoms. The quantitative estimate of drug-likeness (QED) is 0.644. The van der Waals surface area contributed by atoms with Crippen molar-refractivity contribution in [1.29, 1.82) is 0 Å². The smallest absolute Gasteiger partial charge is 0.415 e. The number of hydrogen-bond acceptors (Lipinski definition) is 3. The number of aliphatic hydroxyl groups is 1. The van der Waals surface area contributed by atoms with Gasteiger partial charge in [0.2, 0.25) is 0 Å². The van der Waals surface area contributed by atoms with E-state index in [9.17, 15) is 18.0 Å². The van der Waals surface area contributed by atoms with Gasteiger partial charge in [0.25, 0.3) is 0 Å². The van der Waals surface area contributed by atoms with Crippen LogP contribution >= 0.6 is 0 Å². The summed E-state index contributed by atoms with van der Waals surface area (Å²) in [5.41, 5.74) is 0. The third-order valence-corrected chi connectivity index (χ3v) is 1.35. The average Bonchev–Trinajstić information content (AvgIpc) is 2.00. The summed E-state index contributed by atoms with van der Waals surface area (Å²) in [5.74, 6) is -1.57. The van der Waals surface area contributed by atoms with E-state index in [0.29, 0.717) is 0 Å². The molecule has 2 N–H and O–H groups in total. The standard InChI is InChI=1S/C7H11F3O4/c8-7(9,10)5(4-6(12)13)14-3-1-2-11/h5,11H,1-4H2,(H,12,13). The first-order valence-corrected chi connectivity index (χ1v) is 3.89. The second-order valence-electron chi connectivity index (χ2n) is 2.58. The van der Waals surface area contributed by atoms with Gasteiger partial charge in [0.05, 0.1) is 6.42 Å². The Morgan fingerprint density at radius 1 is 1.43 bits per heavy atom. The number of carboxylic acid groups (broad SMARTS) is 1. The molecule has 7 heteroatoms. The number of halogens is 3. The Bertz CT molecular complexity index is 180. The molecule has 0 radical (unpaired) electrons. The first-order chi connectivity index (χ1) is 6.38. The van der Waals surface area contributed by atoms with E-state index in [4.69, 9.17) is 10.2 Å². The highest BCUT2D eigenvalue weighted by Gasteiger charge is 2.41. The summed E-state index contributed by atoms with van der Waals surface area (Å²) in [6.45, 7) is -0.606.